The lowest BCUT2D eigenvalue weighted by Gasteiger charge is -2.13. The van der Waals surface area contributed by atoms with E-state index in [2.05, 4.69) is 31.2 Å². The highest BCUT2D eigenvalue weighted by molar-refractivity contribution is 5.76. The van der Waals surface area contributed by atoms with Crippen LogP contribution in [0.15, 0.2) is 91.0 Å². The number of rotatable bonds is 3. The van der Waals surface area contributed by atoms with Gasteiger partial charge in [0, 0.05) is 22.3 Å². The highest BCUT2D eigenvalue weighted by atomic mass is 14.9. The summed E-state index contributed by atoms with van der Waals surface area (Å²) in [4.78, 5) is 9.78. The first-order chi connectivity index (χ1) is 12.3. The van der Waals surface area contributed by atoms with E-state index in [-0.39, 0.29) is 0 Å². The average Bonchev–Trinajstić information content (AvgIpc) is 2.70. The van der Waals surface area contributed by atoms with Crippen LogP contribution in [0.2, 0.25) is 0 Å². The monoisotopic (exact) mass is 322 g/mol. The summed E-state index contributed by atoms with van der Waals surface area (Å²) < 4.78 is 0. The van der Waals surface area contributed by atoms with E-state index >= 15 is 0 Å². The van der Waals surface area contributed by atoms with Crippen molar-refractivity contribution >= 4 is 0 Å². The molecule has 3 aromatic carbocycles. The summed E-state index contributed by atoms with van der Waals surface area (Å²) in [5.74, 6) is 0.754. The Hall–Kier alpha value is -3.26. The van der Waals surface area contributed by atoms with Crippen molar-refractivity contribution in [3.63, 3.8) is 0 Å². The summed E-state index contributed by atoms with van der Waals surface area (Å²) in [5, 5.41) is 0. The van der Waals surface area contributed by atoms with E-state index in [0.29, 0.717) is 0 Å². The third-order valence-corrected chi connectivity index (χ3v) is 4.27. The molecule has 1 heterocycles. The maximum atomic E-state index is 4.89. The Morgan fingerprint density at radius 2 is 0.840 bits per heavy atom. The molecule has 0 unspecified atom stereocenters. The van der Waals surface area contributed by atoms with Crippen LogP contribution in [0.3, 0.4) is 0 Å². The number of nitrogens with zero attached hydrogens (tertiary/aromatic N) is 2. The quantitative estimate of drug-likeness (QED) is 0.477. The minimum absolute atomic E-state index is 0.754. The highest BCUT2D eigenvalue weighted by Crippen LogP contribution is 2.31. The fourth-order valence-electron chi connectivity index (χ4n) is 2.99. The number of benzene rings is 3. The second kappa shape index (κ2) is 6.70. The standard InChI is InChI=1S/C23H18N2/c1-17-21(18-11-5-2-6-12-18)24-23(20-15-9-4-10-16-20)25-22(17)19-13-7-3-8-14-19/h2-16H,1H3. The van der Waals surface area contributed by atoms with Gasteiger partial charge in [-0.05, 0) is 6.92 Å². The van der Waals surface area contributed by atoms with Gasteiger partial charge in [-0.1, -0.05) is 91.0 Å². The first-order valence-electron chi connectivity index (χ1n) is 8.38. The van der Waals surface area contributed by atoms with Gasteiger partial charge < -0.3 is 0 Å². The highest BCUT2D eigenvalue weighted by Gasteiger charge is 2.14. The van der Waals surface area contributed by atoms with Crippen molar-refractivity contribution in [3.8, 4) is 33.9 Å². The lowest BCUT2D eigenvalue weighted by atomic mass is 10.0. The van der Waals surface area contributed by atoms with Crippen molar-refractivity contribution < 1.29 is 0 Å². The van der Waals surface area contributed by atoms with Gasteiger partial charge in [0.25, 0.3) is 0 Å². The molecule has 4 rings (SSSR count). The van der Waals surface area contributed by atoms with Crippen LogP contribution in [0.1, 0.15) is 5.56 Å². The van der Waals surface area contributed by atoms with Gasteiger partial charge in [-0.2, -0.15) is 0 Å². The van der Waals surface area contributed by atoms with Crippen LogP contribution in [0.4, 0.5) is 0 Å². The van der Waals surface area contributed by atoms with Gasteiger partial charge in [-0.15, -0.1) is 0 Å². The SMILES string of the molecule is Cc1c(-c2ccccc2)nc(-c2ccccc2)nc1-c1ccccc1. The smallest absolute Gasteiger partial charge is 0.160 e. The number of aromatic nitrogens is 2. The van der Waals surface area contributed by atoms with E-state index in [4.69, 9.17) is 9.97 Å². The van der Waals surface area contributed by atoms with Crippen LogP contribution in [0.5, 0.6) is 0 Å². The normalized spacial score (nSPS) is 10.6. The van der Waals surface area contributed by atoms with E-state index in [1.165, 1.54) is 0 Å². The van der Waals surface area contributed by atoms with E-state index in [1.807, 2.05) is 66.7 Å². The van der Waals surface area contributed by atoms with E-state index < -0.39 is 0 Å². The maximum absolute atomic E-state index is 4.89. The fourth-order valence-corrected chi connectivity index (χ4v) is 2.99. The van der Waals surface area contributed by atoms with Gasteiger partial charge in [-0.3, -0.25) is 0 Å². The first kappa shape index (κ1) is 15.3. The predicted octanol–water partition coefficient (Wildman–Crippen LogP) is 5.79. The summed E-state index contributed by atoms with van der Waals surface area (Å²) in [6, 6.07) is 30.7. The molecule has 0 radical (unpaired) electrons. The van der Waals surface area contributed by atoms with E-state index in [1.54, 1.807) is 0 Å². The molecule has 0 atom stereocenters. The summed E-state index contributed by atoms with van der Waals surface area (Å²) >= 11 is 0. The minimum atomic E-state index is 0.754. The van der Waals surface area contributed by atoms with Gasteiger partial charge >= 0.3 is 0 Å². The Labute approximate surface area is 147 Å². The molecule has 4 aromatic rings. The Balaban J connectivity index is 1.98. The van der Waals surface area contributed by atoms with Crippen molar-refractivity contribution in [1.82, 2.24) is 9.97 Å². The predicted molar refractivity (Wildman–Crippen MR) is 103 cm³/mol. The van der Waals surface area contributed by atoms with Crippen LogP contribution in [-0.4, -0.2) is 9.97 Å². The molecule has 0 saturated carbocycles. The van der Waals surface area contributed by atoms with Gasteiger partial charge in [0.1, 0.15) is 0 Å². The van der Waals surface area contributed by atoms with E-state index in [9.17, 15) is 0 Å². The molecule has 1 aromatic heterocycles. The molecule has 0 saturated heterocycles. The zero-order valence-corrected chi connectivity index (χ0v) is 14.1. The van der Waals surface area contributed by atoms with Crippen LogP contribution in [-0.2, 0) is 0 Å². The Kier molecular flexibility index (Phi) is 4.09. The molecule has 0 aliphatic heterocycles. The minimum Gasteiger partial charge on any atom is -0.228 e. The molecule has 0 amide bonds. The number of hydrogen-bond donors (Lipinski definition) is 0. The molecule has 2 nitrogen and oxygen atoms in total. The van der Waals surface area contributed by atoms with Crippen LogP contribution >= 0.6 is 0 Å². The maximum Gasteiger partial charge on any atom is 0.160 e. The van der Waals surface area contributed by atoms with Crippen molar-refractivity contribution in [1.29, 1.82) is 0 Å². The Bertz CT molecular complexity index is 918. The second-order valence-corrected chi connectivity index (χ2v) is 5.97. The molecule has 0 N–H and O–H groups in total. The van der Waals surface area contributed by atoms with Gasteiger partial charge in [0.2, 0.25) is 0 Å². The van der Waals surface area contributed by atoms with Crippen molar-refractivity contribution in [2.45, 2.75) is 6.92 Å². The Morgan fingerprint density at radius 1 is 0.480 bits per heavy atom. The van der Waals surface area contributed by atoms with Gasteiger partial charge in [0.05, 0.1) is 11.4 Å². The van der Waals surface area contributed by atoms with Crippen LogP contribution in [0.25, 0.3) is 33.9 Å². The fraction of sp³-hybridized carbons (Fsp3) is 0.0435. The van der Waals surface area contributed by atoms with Crippen molar-refractivity contribution in [3.05, 3.63) is 96.6 Å². The van der Waals surface area contributed by atoms with Gasteiger partial charge in [0.15, 0.2) is 5.82 Å². The third kappa shape index (κ3) is 3.07. The molecule has 0 aliphatic carbocycles. The van der Waals surface area contributed by atoms with Crippen LogP contribution < -0.4 is 0 Å². The van der Waals surface area contributed by atoms with Crippen molar-refractivity contribution in [2.24, 2.45) is 0 Å². The first-order valence-corrected chi connectivity index (χ1v) is 8.38. The van der Waals surface area contributed by atoms with Crippen LogP contribution in [0, 0.1) is 6.92 Å². The summed E-state index contributed by atoms with van der Waals surface area (Å²) in [7, 11) is 0. The lowest BCUT2D eigenvalue weighted by Crippen LogP contribution is -2.00. The van der Waals surface area contributed by atoms with E-state index in [0.717, 1.165) is 39.5 Å². The summed E-state index contributed by atoms with van der Waals surface area (Å²) in [6.07, 6.45) is 0. The lowest BCUT2D eigenvalue weighted by molar-refractivity contribution is 1.15. The molecule has 0 fully saturated rings. The molecule has 0 spiro atoms. The van der Waals surface area contributed by atoms with Gasteiger partial charge in [-0.25, -0.2) is 9.97 Å². The molecule has 120 valence electrons. The summed E-state index contributed by atoms with van der Waals surface area (Å²) in [6.45, 7) is 2.10. The summed E-state index contributed by atoms with van der Waals surface area (Å²) in [5.41, 5.74) is 6.30. The average molecular weight is 322 g/mol. The largest absolute Gasteiger partial charge is 0.228 e. The number of hydrogen-bond acceptors (Lipinski definition) is 2. The molecule has 2 heteroatoms. The molecular formula is C23H18N2. The topological polar surface area (TPSA) is 25.8 Å². The zero-order chi connectivity index (χ0) is 17.1. The van der Waals surface area contributed by atoms with Crippen molar-refractivity contribution in [2.75, 3.05) is 0 Å². The third-order valence-electron chi connectivity index (χ3n) is 4.27. The molecule has 0 bridgehead atoms. The molecular weight excluding hydrogens is 304 g/mol. The Morgan fingerprint density at radius 3 is 1.24 bits per heavy atom. The molecule has 25 heavy (non-hydrogen) atoms. The zero-order valence-electron chi connectivity index (χ0n) is 14.1. The second-order valence-electron chi connectivity index (χ2n) is 5.97. The molecule has 0 aliphatic rings.